The molecule has 0 fully saturated rings. The van der Waals surface area contributed by atoms with Gasteiger partial charge < -0.3 is 10.4 Å². The highest BCUT2D eigenvalue weighted by molar-refractivity contribution is 7.10. The van der Waals surface area contributed by atoms with E-state index in [4.69, 9.17) is 0 Å². The largest absolute Gasteiger partial charge is 0.393 e. The minimum Gasteiger partial charge on any atom is -0.393 e. The fourth-order valence-corrected chi connectivity index (χ4v) is 2.92. The summed E-state index contributed by atoms with van der Waals surface area (Å²) in [5, 5.41) is 15.1. The van der Waals surface area contributed by atoms with Gasteiger partial charge in [0, 0.05) is 17.0 Å². The topological polar surface area (TPSA) is 32.3 Å². The number of aliphatic hydroxyl groups is 1. The van der Waals surface area contributed by atoms with E-state index in [1.54, 1.807) is 11.3 Å². The van der Waals surface area contributed by atoms with Gasteiger partial charge in [-0.15, -0.1) is 11.3 Å². The van der Waals surface area contributed by atoms with Crippen LogP contribution in [-0.4, -0.2) is 17.3 Å². The lowest BCUT2D eigenvalue weighted by Crippen LogP contribution is -2.35. The van der Waals surface area contributed by atoms with Gasteiger partial charge in [0.25, 0.3) is 0 Å². The second kappa shape index (κ2) is 6.38. The van der Waals surface area contributed by atoms with E-state index in [1.165, 1.54) is 4.88 Å². The molecule has 0 aliphatic heterocycles. The van der Waals surface area contributed by atoms with E-state index in [9.17, 15) is 5.11 Å². The highest BCUT2D eigenvalue weighted by atomic mass is 32.1. The lowest BCUT2D eigenvalue weighted by atomic mass is 10.0. The summed E-state index contributed by atoms with van der Waals surface area (Å²) in [6.07, 6.45) is 0.563. The zero-order valence-corrected chi connectivity index (χ0v) is 11.4. The van der Waals surface area contributed by atoms with E-state index in [-0.39, 0.29) is 6.10 Å². The molecule has 2 nitrogen and oxygen atoms in total. The summed E-state index contributed by atoms with van der Waals surface area (Å²) >= 11 is 1.80. The Balaban J connectivity index is 2.59. The minimum atomic E-state index is -0.237. The molecule has 1 aromatic heterocycles. The van der Waals surface area contributed by atoms with Crippen LogP contribution in [-0.2, 0) is 0 Å². The molecule has 0 aromatic carbocycles. The Morgan fingerprint density at radius 2 is 2.00 bits per heavy atom. The maximum Gasteiger partial charge on any atom is 0.0526 e. The number of thiophene rings is 1. The van der Waals surface area contributed by atoms with Crippen LogP contribution in [0.5, 0.6) is 0 Å². The van der Waals surface area contributed by atoms with E-state index in [2.05, 4.69) is 43.6 Å². The maximum absolute atomic E-state index is 9.37. The summed E-state index contributed by atoms with van der Waals surface area (Å²) in [6.45, 7) is 8.43. The van der Waals surface area contributed by atoms with E-state index >= 15 is 0 Å². The molecule has 0 spiro atoms. The van der Waals surface area contributed by atoms with Gasteiger partial charge in [0.05, 0.1) is 6.10 Å². The van der Waals surface area contributed by atoms with Crippen molar-refractivity contribution >= 4 is 11.3 Å². The fraction of sp³-hybridized carbons (Fsp3) is 0.692. The molecular formula is C13H23NOS. The summed E-state index contributed by atoms with van der Waals surface area (Å²) < 4.78 is 0. The smallest absolute Gasteiger partial charge is 0.0526 e. The molecular weight excluding hydrogens is 218 g/mol. The van der Waals surface area contributed by atoms with Crippen LogP contribution >= 0.6 is 11.3 Å². The van der Waals surface area contributed by atoms with E-state index < -0.39 is 0 Å². The third-order valence-corrected chi connectivity index (χ3v) is 3.63. The molecule has 0 saturated heterocycles. The third-order valence-electron chi connectivity index (χ3n) is 2.68. The predicted octanol–water partition coefficient (Wildman–Crippen LogP) is 3.19. The Labute approximate surface area is 103 Å². The number of hydrogen-bond donors (Lipinski definition) is 2. The van der Waals surface area contributed by atoms with Gasteiger partial charge in [0.2, 0.25) is 0 Å². The van der Waals surface area contributed by atoms with Crippen LogP contribution < -0.4 is 5.32 Å². The highest BCUT2D eigenvalue weighted by Gasteiger charge is 2.19. The summed E-state index contributed by atoms with van der Waals surface area (Å²) in [5.41, 5.74) is 0. The fourth-order valence-electron chi connectivity index (χ4n) is 1.96. The lowest BCUT2D eigenvalue weighted by molar-refractivity contribution is 0.165. The van der Waals surface area contributed by atoms with Gasteiger partial charge in [-0.05, 0) is 37.6 Å². The number of hydrogen-bond acceptors (Lipinski definition) is 3. The van der Waals surface area contributed by atoms with Crippen molar-refractivity contribution < 1.29 is 5.11 Å². The zero-order chi connectivity index (χ0) is 12.1. The molecule has 3 heteroatoms. The first-order valence-corrected chi connectivity index (χ1v) is 6.86. The second-order valence-corrected chi connectivity index (χ2v) is 5.87. The van der Waals surface area contributed by atoms with Gasteiger partial charge in [0.15, 0.2) is 0 Å². The summed E-state index contributed by atoms with van der Waals surface area (Å²) in [4.78, 5) is 1.38. The summed E-state index contributed by atoms with van der Waals surface area (Å²) in [5.74, 6) is 0.565. The zero-order valence-electron chi connectivity index (χ0n) is 10.6. The highest BCUT2D eigenvalue weighted by Crippen LogP contribution is 2.26. The van der Waals surface area contributed by atoms with Crippen LogP contribution in [0.1, 0.15) is 45.0 Å². The molecule has 3 unspecified atom stereocenters. The molecule has 92 valence electrons. The molecule has 16 heavy (non-hydrogen) atoms. The van der Waals surface area contributed by atoms with E-state index in [0.29, 0.717) is 18.0 Å². The lowest BCUT2D eigenvalue weighted by Gasteiger charge is -2.26. The normalized spacial score (nSPS) is 17.4. The van der Waals surface area contributed by atoms with Crippen molar-refractivity contribution in [3.05, 3.63) is 22.4 Å². The Morgan fingerprint density at radius 1 is 1.31 bits per heavy atom. The Hall–Kier alpha value is -0.380. The Kier molecular flexibility index (Phi) is 5.46. The van der Waals surface area contributed by atoms with Crippen molar-refractivity contribution in [3.8, 4) is 0 Å². The Bertz CT molecular complexity index is 282. The first-order chi connectivity index (χ1) is 7.50. The molecule has 1 rings (SSSR count). The first-order valence-electron chi connectivity index (χ1n) is 5.98. The van der Waals surface area contributed by atoms with Crippen LogP contribution in [0.2, 0.25) is 0 Å². The molecule has 0 aliphatic carbocycles. The quantitative estimate of drug-likeness (QED) is 0.801. The summed E-state index contributed by atoms with van der Waals surface area (Å²) in [6, 6.07) is 5.01. The van der Waals surface area contributed by atoms with Crippen molar-refractivity contribution in [2.75, 3.05) is 0 Å². The van der Waals surface area contributed by atoms with Crippen molar-refractivity contribution in [1.29, 1.82) is 0 Å². The number of nitrogens with one attached hydrogen (secondary N) is 1. The molecule has 0 bridgehead atoms. The van der Waals surface area contributed by atoms with Gasteiger partial charge in [0.1, 0.15) is 0 Å². The molecule has 1 aromatic rings. The van der Waals surface area contributed by atoms with Gasteiger partial charge in [-0.3, -0.25) is 0 Å². The van der Waals surface area contributed by atoms with Crippen molar-refractivity contribution in [2.45, 2.75) is 52.3 Å². The van der Waals surface area contributed by atoms with E-state index in [1.807, 2.05) is 6.92 Å². The monoisotopic (exact) mass is 241 g/mol. The van der Waals surface area contributed by atoms with E-state index in [0.717, 1.165) is 6.42 Å². The van der Waals surface area contributed by atoms with Crippen molar-refractivity contribution in [2.24, 2.45) is 5.92 Å². The Morgan fingerprint density at radius 3 is 2.44 bits per heavy atom. The SMILES string of the molecule is CC(O)CC(C)NC(c1cccs1)C(C)C. The van der Waals surface area contributed by atoms with Crippen molar-refractivity contribution in [3.63, 3.8) is 0 Å². The van der Waals surface area contributed by atoms with Gasteiger partial charge >= 0.3 is 0 Å². The van der Waals surface area contributed by atoms with Gasteiger partial charge in [-0.25, -0.2) is 0 Å². The average Bonchev–Trinajstić information content (AvgIpc) is 2.64. The molecule has 3 atom stereocenters. The van der Waals surface area contributed by atoms with Crippen LogP contribution in [0.25, 0.3) is 0 Å². The van der Waals surface area contributed by atoms with Crippen LogP contribution in [0, 0.1) is 5.92 Å². The minimum absolute atomic E-state index is 0.237. The first kappa shape index (κ1) is 13.7. The second-order valence-electron chi connectivity index (χ2n) is 4.89. The summed E-state index contributed by atoms with van der Waals surface area (Å²) in [7, 11) is 0. The third kappa shape index (κ3) is 4.24. The number of rotatable bonds is 6. The van der Waals surface area contributed by atoms with Crippen LogP contribution in [0.15, 0.2) is 17.5 Å². The predicted molar refractivity (Wildman–Crippen MR) is 70.8 cm³/mol. The molecule has 0 aliphatic rings. The van der Waals surface area contributed by atoms with Crippen LogP contribution in [0.3, 0.4) is 0 Å². The van der Waals surface area contributed by atoms with Gasteiger partial charge in [-0.2, -0.15) is 0 Å². The molecule has 0 saturated carbocycles. The standard InChI is InChI=1S/C13H23NOS/c1-9(2)13(12-6-5-7-16-12)14-10(3)8-11(4)15/h5-7,9-11,13-15H,8H2,1-4H3. The van der Waals surface area contributed by atoms with Crippen LogP contribution in [0.4, 0.5) is 0 Å². The maximum atomic E-state index is 9.37. The van der Waals surface area contributed by atoms with Crippen molar-refractivity contribution in [1.82, 2.24) is 5.32 Å². The number of aliphatic hydroxyl groups excluding tert-OH is 1. The molecule has 2 N–H and O–H groups in total. The average molecular weight is 241 g/mol. The van der Waals surface area contributed by atoms with Gasteiger partial charge in [-0.1, -0.05) is 19.9 Å². The molecule has 1 heterocycles. The molecule has 0 radical (unpaired) electrons. The molecule has 0 amide bonds.